The second-order valence-electron chi connectivity index (χ2n) is 3.80. The predicted octanol–water partition coefficient (Wildman–Crippen LogP) is 4.32. The lowest BCUT2D eigenvalue weighted by Crippen LogP contribution is -2.17. The minimum absolute atomic E-state index is 0.232. The van der Waals surface area contributed by atoms with E-state index in [0.29, 0.717) is 10.4 Å². The van der Waals surface area contributed by atoms with Gasteiger partial charge in [0.1, 0.15) is 22.7 Å². The number of pyridine rings is 1. The summed E-state index contributed by atoms with van der Waals surface area (Å²) in [4.78, 5) is 3.99. The number of halogens is 4. The highest BCUT2D eigenvalue weighted by atomic mass is 79.9. The van der Waals surface area contributed by atoms with Crippen LogP contribution in [-0.2, 0) is 6.61 Å². The van der Waals surface area contributed by atoms with Gasteiger partial charge in [-0.3, -0.25) is 0 Å². The first-order valence-corrected chi connectivity index (χ1v) is 6.31. The van der Waals surface area contributed by atoms with E-state index < -0.39 is 6.36 Å². The summed E-state index contributed by atoms with van der Waals surface area (Å²) < 4.78 is 45.9. The zero-order chi connectivity index (χ0) is 14.6. The molecule has 0 amide bonds. The fraction of sp³-hybridized carbons (Fsp3) is 0.154. The number of hydrogen-bond donors (Lipinski definition) is 0. The third-order valence-electron chi connectivity index (χ3n) is 2.26. The third-order valence-corrected chi connectivity index (χ3v) is 2.73. The molecule has 0 saturated carbocycles. The van der Waals surface area contributed by atoms with Gasteiger partial charge in [-0.1, -0.05) is 12.1 Å². The topological polar surface area (TPSA) is 31.4 Å². The molecule has 0 unspecified atom stereocenters. The van der Waals surface area contributed by atoms with Gasteiger partial charge in [-0.15, -0.1) is 13.2 Å². The van der Waals surface area contributed by atoms with Crippen LogP contribution in [0, 0.1) is 0 Å². The number of rotatable bonds is 4. The van der Waals surface area contributed by atoms with E-state index in [1.165, 1.54) is 24.3 Å². The Labute approximate surface area is 121 Å². The third kappa shape index (κ3) is 4.73. The molecule has 7 heteroatoms. The van der Waals surface area contributed by atoms with Crippen molar-refractivity contribution in [1.29, 1.82) is 0 Å². The second-order valence-corrected chi connectivity index (χ2v) is 4.61. The van der Waals surface area contributed by atoms with Gasteiger partial charge in [0.2, 0.25) is 0 Å². The molecule has 0 bridgehead atoms. The maximum absolute atomic E-state index is 12.0. The average Bonchev–Trinajstić information content (AvgIpc) is 2.38. The Bertz CT molecular complexity index is 555. The summed E-state index contributed by atoms with van der Waals surface area (Å²) >= 11 is 3.20. The van der Waals surface area contributed by atoms with Crippen LogP contribution in [0.5, 0.6) is 11.5 Å². The molecule has 0 aliphatic carbocycles. The van der Waals surface area contributed by atoms with Crippen LogP contribution in [0.1, 0.15) is 5.56 Å². The molecule has 1 aromatic carbocycles. The number of alkyl halides is 3. The van der Waals surface area contributed by atoms with E-state index in [0.717, 1.165) is 5.56 Å². The molecule has 0 radical (unpaired) electrons. The lowest BCUT2D eigenvalue weighted by molar-refractivity contribution is -0.274. The second kappa shape index (κ2) is 6.13. The number of nitrogens with zero attached hydrogens (tertiary/aromatic N) is 1. The molecule has 0 spiro atoms. The molecule has 1 heterocycles. The minimum Gasteiger partial charge on any atom is -0.487 e. The number of benzene rings is 1. The van der Waals surface area contributed by atoms with Crippen molar-refractivity contribution < 1.29 is 22.6 Å². The quantitative estimate of drug-likeness (QED) is 0.771. The van der Waals surface area contributed by atoms with Crippen LogP contribution in [0.2, 0.25) is 0 Å². The molecular formula is C13H9BrF3NO2. The first-order chi connectivity index (χ1) is 9.42. The van der Waals surface area contributed by atoms with Crippen LogP contribution in [0.25, 0.3) is 0 Å². The normalized spacial score (nSPS) is 11.2. The fourth-order valence-electron chi connectivity index (χ4n) is 1.40. The van der Waals surface area contributed by atoms with Crippen LogP contribution in [-0.4, -0.2) is 11.3 Å². The molecule has 0 N–H and O–H groups in total. The molecule has 3 nitrogen and oxygen atoms in total. The lowest BCUT2D eigenvalue weighted by atomic mass is 10.2. The zero-order valence-electron chi connectivity index (χ0n) is 10.0. The van der Waals surface area contributed by atoms with Crippen molar-refractivity contribution in [1.82, 2.24) is 4.98 Å². The summed E-state index contributed by atoms with van der Waals surface area (Å²) in [6.45, 7) is 0.232. The van der Waals surface area contributed by atoms with Gasteiger partial charge in [-0.05, 0) is 45.8 Å². The monoisotopic (exact) mass is 347 g/mol. The van der Waals surface area contributed by atoms with Crippen molar-refractivity contribution in [2.24, 2.45) is 0 Å². The number of aromatic nitrogens is 1. The maximum atomic E-state index is 12.0. The molecule has 1 aromatic heterocycles. The first-order valence-electron chi connectivity index (χ1n) is 5.51. The minimum atomic E-state index is -4.68. The van der Waals surface area contributed by atoms with Gasteiger partial charge in [0.25, 0.3) is 0 Å². The van der Waals surface area contributed by atoms with Crippen molar-refractivity contribution >= 4 is 15.9 Å². The van der Waals surface area contributed by atoms with Gasteiger partial charge in [-0.25, -0.2) is 4.98 Å². The van der Waals surface area contributed by atoms with E-state index in [-0.39, 0.29) is 12.4 Å². The molecule has 2 aromatic rings. The summed E-state index contributed by atoms with van der Waals surface area (Å²) in [5.74, 6) is 0.315. The molecule has 0 aliphatic heterocycles. The van der Waals surface area contributed by atoms with Gasteiger partial charge in [0.15, 0.2) is 0 Å². The highest BCUT2D eigenvalue weighted by Crippen LogP contribution is 2.23. The number of hydrogen-bond acceptors (Lipinski definition) is 3. The molecule has 0 fully saturated rings. The molecule has 20 heavy (non-hydrogen) atoms. The highest BCUT2D eigenvalue weighted by molar-refractivity contribution is 9.10. The van der Waals surface area contributed by atoms with Crippen molar-refractivity contribution in [2.45, 2.75) is 13.0 Å². The van der Waals surface area contributed by atoms with Gasteiger partial charge < -0.3 is 9.47 Å². The SMILES string of the molecule is FC(F)(F)Oc1ccc(COc2ccc(Br)nc2)cc1. The molecule has 2 rings (SSSR count). The Kier molecular flexibility index (Phi) is 4.49. The van der Waals surface area contributed by atoms with Crippen molar-refractivity contribution in [3.05, 3.63) is 52.8 Å². The predicted molar refractivity (Wildman–Crippen MR) is 69.4 cm³/mol. The summed E-state index contributed by atoms with van der Waals surface area (Å²) in [6.07, 6.45) is -3.13. The fourth-order valence-corrected chi connectivity index (χ4v) is 1.64. The van der Waals surface area contributed by atoms with E-state index in [2.05, 4.69) is 25.7 Å². The molecule has 0 saturated heterocycles. The Morgan fingerprint density at radius 3 is 2.20 bits per heavy atom. The van der Waals surface area contributed by atoms with Gasteiger partial charge in [-0.2, -0.15) is 0 Å². The molecule has 0 aliphatic rings. The maximum Gasteiger partial charge on any atom is 0.573 e. The van der Waals surface area contributed by atoms with Crippen LogP contribution < -0.4 is 9.47 Å². The van der Waals surface area contributed by atoms with Gasteiger partial charge in [0, 0.05) is 0 Å². The Hall–Kier alpha value is -1.76. The summed E-state index contributed by atoms with van der Waals surface area (Å²) in [6, 6.07) is 8.96. The standard InChI is InChI=1S/C13H9BrF3NO2/c14-12-6-5-11(7-18-12)19-8-9-1-3-10(4-2-9)20-13(15,16)17/h1-7H,8H2. The highest BCUT2D eigenvalue weighted by Gasteiger charge is 2.30. The van der Waals surface area contributed by atoms with Crippen molar-refractivity contribution in [3.63, 3.8) is 0 Å². The largest absolute Gasteiger partial charge is 0.573 e. The summed E-state index contributed by atoms with van der Waals surface area (Å²) in [7, 11) is 0. The molecular weight excluding hydrogens is 339 g/mol. The van der Waals surface area contributed by atoms with Gasteiger partial charge in [0.05, 0.1) is 6.20 Å². The van der Waals surface area contributed by atoms with E-state index in [1.54, 1.807) is 18.3 Å². The zero-order valence-corrected chi connectivity index (χ0v) is 11.6. The molecule has 106 valence electrons. The Morgan fingerprint density at radius 1 is 1.00 bits per heavy atom. The summed E-state index contributed by atoms with van der Waals surface area (Å²) in [5, 5.41) is 0. The van der Waals surface area contributed by atoms with E-state index in [9.17, 15) is 13.2 Å². The van der Waals surface area contributed by atoms with Crippen LogP contribution >= 0.6 is 15.9 Å². The van der Waals surface area contributed by atoms with E-state index in [4.69, 9.17) is 4.74 Å². The summed E-state index contributed by atoms with van der Waals surface area (Å²) in [5.41, 5.74) is 0.724. The van der Waals surface area contributed by atoms with Crippen LogP contribution in [0.15, 0.2) is 47.2 Å². The van der Waals surface area contributed by atoms with Crippen LogP contribution in [0.4, 0.5) is 13.2 Å². The van der Waals surface area contributed by atoms with Crippen molar-refractivity contribution in [3.8, 4) is 11.5 Å². The smallest absolute Gasteiger partial charge is 0.487 e. The van der Waals surface area contributed by atoms with Gasteiger partial charge >= 0.3 is 6.36 Å². The molecule has 0 atom stereocenters. The Morgan fingerprint density at radius 2 is 1.65 bits per heavy atom. The van der Waals surface area contributed by atoms with E-state index >= 15 is 0 Å². The number of ether oxygens (including phenoxy) is 2. The Balaban J connectivity index is 1.92. The van der Waals surface area contributed by atoms with E-state index in [1.807, 2.05) is 0 Å². The first kappa shape index (κ1) is 14.6. The van der Waals surface area contributed by atoms with Crippen LogP contribution in [0.3, 0.4) is 0 Å². The average molecular weight is 348 g/mol. The lowest BCUT2D eigenvalue weighted by Gasteiger charge is -2.10. The van der Waals surface area contributed by atoms with Crippen molar-refractivity contribution in [2.75, 3.05) is 0 Å².